The van der Waals surface area contributed by atoms with Crippen LogP contribution in [0, 0.1) is 5.92 Å². The summed E-state index contributed by atoms with van der Waals surface area (Å²) in [6, 6.07) is -0.00705. The van der Waals surface area contributed by atoms with Gasteiger partial charge in [0.25, 0.3) is 0 Å². The smallest absolute Gasteiger partial charge is 0.380 e. The van der Waals surface area contributed by atoms with Gasteiger partial charge in [0, 0.05) is 6.04 Å². The predicted octanol–water partition coefficient (Wildman–Crippen LogP) is 3.98. The summed E-state index contributed by atoms with van der Waals surface area (Å²) < 4.78 is 38.7. The van der Waals surface area contributed by atoms with E-state index in [1.54, 1.807) is 0 Å². The van der Waals surface area contributed by atoms with Gasteiger partial charge >= 0.3 is 6.18 Å². The van der Waals surface area contributed by atoms with Crippen LogP contribution in [-0.4, -0.2) is 32.9 Å². The molecule has 1 aliphatic rings. The number of halogens is 4. The minimum absolute atomic E-state index is 0.00705. The van der Waals surface area contributed by atoms with E-state index in [1.807, 2.05) is 6.92 Å². The second-order valence-electron chi connectivity index (χ2n) is 6.17. The Morgan fingerprint density at radius 1 is 1.26 bits per heavy atom. The lowest BCUT2D eigenvalue weighted by Crippen LogP contribution is -2.50. The summed E-state index contributed by atoms with van der Waals surface area (Å²) >= 11 is 6.21. The zero-order valence-corrected chi connectivity index (χ0v) is 13.9. The van der Waals surface area contributed by atoms with Crippen LogP contribution >= 0.6 is 11.6 Å². The Bertz CT molecular complexity index is 543. The van der Waals surface area contributed by atoms with Gasteiger partial charge in [0.05, 0.1) is 5.69 Å². The van der Waals surface area contributed by atoms with Gasteiger partial charge in [-0.15, -0.1) is 0 Å². The Labute approximate surface area is 138 Å². The number of alkyl halides is 3. The maximum absolute atomic E-state index is 12.9. The molecular weight excluding hydrogens is 331 g/mol. The van der Waals surface area contributed by atoms with Gasteiger partial charge in [-0.05, 0) is 44.9 Å². The summed E-state index contributed by atoms with van der Waals surface area (Å²) in [5, 5.41) is 13.4. The molecule has 4 nitrogen and oxygen atoms in total. The van der Waals surface area contributed by atoms with Crippen LogP contribution in [-0.2, 0) is 6.42 Å². The summed E-state index contributed by atoms with van der Waals surface area (Å²) in [5.41, 5.74) is -1.90. The second kappa shape index (κ2) is 6.81. The second-order valence-corrected chi connectivity index (χ2v) is 6.55. The maximum atomic E-state index is 12.9. The van der Waals surface area contributed by atoms with Crippen molar-refractivity contribution in [3.05, 3.63) is 17.0 Å². The molecule has 1 unspecified atom stereocenters. The number of aliphatic hydroxyl groups is 1. The Hall–Kier alpha value is -1.08. The van der Waals surface area contributed by atoms with Crippen LogP contribution in [0.1, 0.15) is 45.2 Å². The van der Waals surface area contributed by atoms with Gasteiger partial charge in [-0.2, -0.15) is 13.2 Å². The average molecular weight is 352 g/mol. The number of hydrogen-bond acceptors (Lipinski definition) is 4. The maximum Gasteiger partial charge on any atom is 0.417 e. The Morgan fingerprint density at radius 2 is 1.87 bits per heavy atom. The molecule has 130 valence electrons. The number of nitrogens with zero attached hydrogens (tertiary/aromatic N) is 2. The molecule has 1 fully saturated rings. The molecule has 1 aromatic rings. The third-order valence-electron chi connectivity index (χ3n) is 4.63. The summed E-state index contributed by atoms with van der Waals surface area (Å²) in [4.78, 5) is 8.19. The van der Waals surface area contributed by atoms with Crippen molar-refractivity contribution in [2.75, 3.05) is 5.32 Å². The van der Waals surface area contributed by atoms with E-state index in [-0.39, 0.29) is 6.04 Å². The zero-order chi connectivity index (χ0) is 17.3. The van der Waals surface area contributed by atoms with Crippen LogP contribution in [0.4, 0.5) is 19.0 Å². The first kappa shape index (κ1) is 18.3. The van der Waals surface area contributed by atoms with Crippen molar-refractivity contribution in [1.82, 2.24) is 9.97 Å². The molecule has 1 aliphatic carbocycles. The quantitative estimate of drug-likeness (QED) is 0.861. The fourth-order valence-electron chi connectivity index (χ4n) is 2.98. The molecule has 23 heavy (non-hydrogen) atoms. The van der Waals surface area contributed by atoms with E-state index in [4.69, 9.17) is 11.6 Å². The molecule has 0 bridgehead atoms. The lowest BCUT2D eigenvalue weighted by molar-refractivity contribution is -0.275. The largest absolute Gasteiger partial charge is 0.417 e. The van der Waals surface area contributed by atoms with Gasteiger partial charge in [-0.1, -0.05) is 18.5 Å². The number of nitrogens with one attached hydrogen (secondary N) is 1. The Kier molecular flexibility index (Phi) is 5.41. The van der Waals surface area contributed by atoms with E-state index in [2.05, 4.69) is 15.3 Å². The van der Waals surface area contributed by atoms with Gasteiger partial charge in [-0.25, -0.2) is 9.97 Å². The number of hydrogen-bond donors (Lipinski definition) is 2. The van der Waals surface area contributed by atoms with Gasteiger partial charge in [0.2, 0.25) is 0 Å². The zero-order valence-electron chi connectivity index (χ0n) is 13.1. The normalized spacial score (nSPS) is 25.0. The standard InChI is InChI=1S/C15H21ClF3N3O/c1-3-11-12(16)13(21-8-20-11)22-10-6-4-9(5-7-10)14(2,23)15(17,18)19/h8-10,23H,3-7H2,1-2H3,(H,20,21,22)/t9-,10+,14?. The highest BCUT2D eigenvalue weighted by molar-refractivity contribution is 6.33. The highest BCUT2D eigenvalue weighted by atomic mass is 35.5. The van der Waals surface area contributed by atoms with Crippen LogP contribution < -0.4 is 5.32 Å². The molecule has 0 spiro atoms. The third-order valence-corrected chi connectivity index (χ3v) is 5.03. The predicted molar refractivity (Wildman–Crippen MR) is 82.5 cm³/mol. The van der Waals surface area contributed by atoms with Crippen LogP contribution in [0.15, 0.2) is 6.33 Å². The van der Waals surface area contributed by atoms with E-state index in [0.29, 0.717) is 42.9 Å². The van der Waals surface area contributed by atoms with E-state index >= 15 is 0 Å². The van der Waals surface area contributed by atoms with E-state index < -0.39 is 17.7 Å². The molecule has 1 saturated carbocycles. The Morgan fingerprint density at radius 3 is 2.39 bits per heavy atom. The topological polar surface area (TPSA) is 58.0 Å². The van der Waals surface area contributed by atoms with Gasteiger partial charge in [0.1, 0.15) is 17.2 Å². The number of aromatic nitrogens is 2. The van der Waals surface area contributed by atoms with Gasteiger partial charge in [-0.3, -0.25) is 0 Å². The summed E-state index contributed by atoms with van der Waals surface area (Å²) in [5.74, 6) is -0.267. The fraction of sp³-hybridized carbons (Fsp3) is 0.733. The third kappa shape index (κ3) is 3.88. The molecule has 0 aromatic carbocycles. The average Bonchev–Trinajstić information content (AvgIpc) is 2.49. The molecule has 0 radical (unpaired) electrons. The number of aryl methyl sites for hydroxylation is 1. The molecule has 1 atom stereocenters. The van der Waals surface area contributed by atoms with Gasteiger partial charge in [0.15, 0.2) is 5.60 Å². The molecule has 1 heterocycles. The molecule has 0 saturated heterocycles. The van der Waals surface area contributed by atoms with Crippen molar-refractivity contribution >= 4 is 17.4 Å². The summed E-state index contributed by atoms with van der Waals surface area (Å²) in [6.45, 7) is 2.79. The van der Waals surface area contributed by atoms with Crippen molar-refractivity contribution in [2.45, 2.75) is 63.8 Å². The first-order chi connectivity index (χ1) is 10.7. The highest BCUT2D eigenvalue weighted by Crippen LogP contribution is 2.43. The van der Waals surface area contributed by atoms with E-state index in [0.717, 1.165) is 12.6 Å². The number of anilines is 1. The van der Waals surface area contributed by atoms with E-state index in [9.17, 15) is 18.3 Å². The molecule has 0 amide bonds. The summed E-state index contributed by atoms with van der Waals surface area (Å²) in [6.07, 6.45) is -0.854. The van der Waals surface area contributed by atoms with Crippen molar-refractivity contribution in [3.8, 4) is 0 Å². The number of rotatable bonds is 4. The molecular formula is C15H21ClF3N3O. The molecule has 2 rings (SSSR count). The van der Waals surface area contributed by atoms with Crippen LogP contribution in [0.3, 0.4) is 0 Å². The monoisotopic (exact) mass is 351 g/mol. The minimum atomic E-state index is -4.61. The van der Waals surface area contributed by atoms with Crippen molar-refractivity contribution in [3.63, 3.8) is 0 Å². The van der Waals surface area contributed by atoms with Crippen molar-refractivity contribution in [1.29, 1.82) is 0 Å². The lowest BCUT2D eigenvalue weighted by atomic mass is 9.76. The highest BCUT2D eigenvalue weighted by Gasteiger charge is 2.54. The minimum Gasteiger partial charge on any atom is -0.380 e. The van der Waals surface area contributed by atoms with Crippen LogP contribution in [0.2, 0.25) is 5.02 Å². The molecule has 2 N–H and O–H groups in total. The molecule has 0 aliphatic heterocycles. The fourth-order valence-corrected chi connectivity index (χ4v) is 3.26. The molecule has 1 aromatic heterocycles. The first-order valence-electron chi connectivity index (χ1n) is 7.71. The SMILES string of the molecule is CCc1ncnc(N[C@H]2CC[C@@H](C(C)(O)C(F)(F)F)CC2)c1Cl. The van der Waals surface area contributed by atoms with E-state index in [1.165, 1.54) is 6.33 Å². The molecule has 8 heteroatoms. The van der Waals surface area contributed by atoms with Crippen LogP contribution in [0.25, 0.3) is 0 Å². The van der Waals surface area contributed by atoms with Crippen LogP contribution in [0.5, 0.6) is 0 Å². The van der Waals surface area contributed by atoms with Crippen molar-refractivity contribution in [2.24, 2.45) is 5.92 Å². The lowest BCUT2D eigenvalue weighted by Gasteiger charge is -2.39. The van der Waals surface area contributed by atoms with Gasteiger partial charge < -0.3 is 10.4 Å². The summed E-state index contributed by atoms with van der Waals surface area (Å²) in [7, 11) is 0. The first-order valence-corrected chi connectivity index (χ1v) is 8.09. The van der Waals surface area contributed by atoms with Crippen molar-refractivity contribution < 1.29 is 18.3 Å². The Balaban J connectivity index is 1.98.